The Bertz CT molecular complexity index is 399. The smallest absolute Gasteiger partial charge is 0.233 e. The summed E-state index contributed by atoms with van der Waals surface area (Å²) in [5, 5.41) is 12.6. The van der Waals surface area contributed by atoms with Crippen LogP contribution in [0, 0.1) is 0 Å². The largest absolute Gasteiger partial charge is 0.389 e. The van der Waals surface area contributed by atoms with Crippen molar-refractivity contribution in [2.24, 2.45) is 0 Å². The fourth-order valence-electron chi connectivity index (χ4n) is 1.38. The summed E-state index contributed by atoms with van der Waals surface area (Å²) in [7, 11) is 1.50. The second-order valence-corrected chi connectivity index (χ2v) is 5.92. The van der Waals surface area contributed by atoms with Gasteiger partial charge in [0.2, 0.25) is 5.91 Å². The van der Waals surface area contributed by atoms with Gasteiger partial charge in [-0.05, 0) is 31.2 Å². The van der Waals surface area contributed by atoms with Gasteiger partial charge in [-0.1, -0.05) is 11.6 Å². The number of halogens is 1. The second kappa shape index (κ2) is 8.43. The molecule has 0 aliphatic heterocycles. The van der Waals surface area contributed by atoms with Gasteiger partial charge in [0.15, 0.2) is 0 Å². The molecule has 1 amide bonds. The van der Waals surface area contributed by atoms with E-state index in [4.69, 9.17) is 16.3 Å². The number of aliphatic hydroxyl groups excluding tert-OH is 1. The van der Waals surface area contributed by atoms with Crippen LogP contribution in [0.5, 0.6) is 0 Å². The molecule has 1 aromatic carbocycles. The predicted molar refractivity (Wildman–Crippen MR) is 77.7 cm³/mol. The first-order valence-corrected chi connectivity index (χ1v) is 7.15. The maximum Gasteiger partial charge on any atom is 0.233 e. The lowest BCUT2D eigenvalue weighted by Crippen LogP contribution is -2.38. The van der Waals surface area contributed by atoms with Crippen LogP contribution in [0.2, 0.25) is 5.02 Å². The van der Waals surface area contributed by atoms with E-state index in [9.17, 15) is 9.90 Å². The van der Waals surface area contributed by atoms with Crippen LogP contribution >= 0.6 is 23.4 Å². The zero-order chi connectivity index (χ0) is 14.3. The normalized spacial score (nSPS) is 13.9. The van der Waals surface area contributed by atoms with Gasteiger partial charge in [0.05, 0.1) is 18.0 Å². The summed E-state index contributed by atoms with van der Waals surface area (Å²) in [5.41, 5.74) is 0. The van der Waals surface area contributed by atoms with Gasteiger partial charge in [0.25, 0.3) is 0 Å². The van der Waals surface area contributed by atoms with E-state index in [0.29, 0.717) is 5.02 Å². The predicted octanol–water partition coefficient (Wildman–Crippen LogP) is 1.94. The molecule has 0 saturated carbocycles. The molecular weight excluding hydrogens is 286 g/mol. The number of hydrogen-bond acceptors (Lipinski definition) is 4. The Balaban J connectivity index is 2.38. The fraction of sp³-hybridized carbons (Fsp3) is 0.462. The third-order valence-corrected chi connectivity index (χ3v) is 3.73. The summed E-state index contributed by atoms with van der Waals surface area (Å²) in [6, 6.07) is 7.32. The van der Waals surface area contributed by atoms with Gasteiger partial charge in [0, 0.05) is 23.6 Å². The number of thioether (sulfide) groups is 1. The minimum atomic E-state index is -0.679. The Morgan fingerprint density at radius 1 is 1.47 bits per heavy atom. The van der Waals surface area contributed by atoms with Crippen molar-refractivity contribution in [3.05, 3.63) is 29.3 Å². The molecule has 4 nitrogen and oxygen atoms in total. The van der Waals surface area contributed by atoms with Gasteiger partial charge in [-0.2, -0.15) is 0 Å². The Labute approximate surface area is 122 Å². The standard InChI is InChI=1S/C13H18ClNO3S/c1-9(13(17)15-7-11(16)8-18-2)19-12-5-3-10(14)4-6-12/h3-6,9,11,16H,7-8H2,1-2H3,(H,15,17). The van der Waals surface area contributed by atoms with E-state index in [1.165, 1.54) is 18.9 Å². The molecule has 1 aromatic rings. The van der Waals surface area contributed by atoms with Crippen molar-refractivity contribution in [1.82, 2.24) is 5.32 Å². The Morgan fingerprint density at radius 3 is 2.68 bits per heavy atom. The van der Waals surface area contributed by atoms with Crippen LogP contribution < -0.4 is 5.32 Å². The molecule has 0 aliphatic carbocycles. The summed E-state index contributed by atoms with van der Waals surface area (Å²) in [5.74, 6) is -0.116. The molecule has 1 rings (SSSR count). The van der Waals surface area contributed by atoms with Crippen molar-refractivity contribution >= 4 is 29.3 Å². The second-order valence-electron chi connectivity index (χ2n) is 4.07. The van der Waals surface area contributed by atoms with E-state index in [0.717, 1.165) is 4.90 Å². The molecule has 0 aromatic heterocycles. The van der Waals surface area contributed by atoms with Crippen LogP contribution in [0.15, 0.2) is 29.2 Å². The summed E-state index contributed by atoms with van der Waals surface area (Å²) in [6.07, 6.45) is -0.679. The first-order chi connectivity index (χ1) is 9.02. The summed E-state index contributed by atoms with van der Waals surface area (Å²) < 4.78 is 4.78. The SMILES string of the molecule is COCC(O)CNC(=O)C(C)Sc1ccc(Cl)cc1. The third-order valence-electron chi connectivity index (χ3n) is 2.37. The van der Waals surface area contributed by atoms with Crippen LogP contribution in [0.25, 0.3) is 0 Å². The van der Waals surface area contributed by atoms with Crippen molar-refractivity contribution in [1.29, 1.82) is 0 Å². The van der Waals surface area contributed by atoms with E-state index in [-0.39, 0.29) is 24.3 Å². The molecule has 0 aliphatic rings. The first kappa shape index (κ1) is 16.3. The van der Waals surface area contributed by atoms with E-state index >= 15 is 0 Å². The number of ether oxygens (including phenoxy) is 1. The minimum absolute atomic E-state index is 0.116. The number of methoxy groups -OCH3 is 1. The van der Waals surface area contributed by atoms with Crippen LogP contribution in [0.1, 0.15) is 6.92 Å². The van der Waals surface area contributed by atoms with Gasteiger partial charge in [-0.25, -0.2) is 0 Å². The van der Waals surface area contributed by atoms with Crippen LogP contribution in [-0.4, -0.2) is 42.6 Å². The highest BCUT2D eigenvalue weighted by Crippen LogP contribution is 2.24. The van der Waals surface area contributed by atoms with E-state index in [1.54, 1.807) is 12.1 Å². The molecule has 0 spiro atoms. The molecule has 2 atom stereocenters. The van der Waals surface area contributed by atoms with Crippen LogP contribution in [0.4, 0.5) is 0 Å². The lowest BCUT2D eigenvalue weighted by Gasteiger charge is -2.14. The third kappa shape index (κ3) is 6.29. The highest BCUT2D eigenvalue weighted by atomic mass is 35.5. The van der Waals surface area contributed by atoms with Gasteiger partial charge in [-0.15, -0.1) is 11.8 Å². The van der Waals surface area contributed by atoms with Gasteiger partial charge in [-0.3, -0.25) is 4.79 Å². The Morgan fingerprint density at radius 2 is 2.11 bits per heavy atom. The van der Waals surface area contributed by atoms with Crippen molar-refractivity contribution < 1.29 is 14.6 Å². The van der Waals surface area contributed by atoms with Crippen molar-refractivity contribution in [2.45, 2.75) is 23.2 Å². The van der Waals surface area contributed by atoms with Gasteiger partial charge < -0.3 is 15.2 Å². The number of nitrogens with one attached hydrogen (secondary N) is 1. The summed E-state index contributed by atoms with van der Waals surface area (Å²) >= 11 is 7.24. The molecule has 2 unspecified atom stereocenters. The molecule has 0 heterocycles. The average molecular weight is 304 g/mol. The molecule has 2 N–H and O–H groups in total. The molecule has 19 heavy (non-hydrogen) atoms. The molecule has 0 saturated heterocycles. The van der Waals surface area contributed by atoms with E-state index < -0.39 is 6.10 Å². The molecule has 6 heteroatoms. The zero-order valence-electron chi connectivity index (χ0n) is 10.9. The van der Waals surface area contributed by atoms with Crippen molar-refractivity contribution in [3.63, 3.8) is 0 Å². The molecule has 0 fully saturated rings. The van der Waals surface area contributed by atoms with Gasteiger partial charge in [0.1, 0.15) is 0 Å². The summed E-state index contributed by atoms with van der Waals surface area (Å²) in [4.78, 5) is 12.8. The molecule has 106 valence electrons. The lowest BCUT2D eigenvalue weighted by atomic mass is 10.3. The number of amides is 1. The maximum atomic E-state index is 11.8. The highest BCUT2D eigenvalue weighted by molar-refractivity contribution is 8.00. The lowest BCUT2D eigenvalue weighted by molar-refractivity contribution is -0.120. The highest BCUT2D eigenvalue weighted by Gasteiger charge is 2.15. The van der Waals surface area contributed by atoms with Crippen molar-refractivity contribution in [2.75, 3.05) is 20.3 Å². The number of hydrogen-bond donors (Lipinski definition) is 2. The van der Waals surface area contributed by atoms with Crippen LogP contribution in [0.3, 0.4) is 0 Å². The van der Waals surface area contributed by atoms with Gasteiger partial charge >= 0.3 is 0 Å². The zero-order valence-corrected chi connectivity index (χ0v) is 12.5. The number of rotatable bonds is 7. The quantitative estimate of drug-likeness (QED) is 0.756. The number of carbonyl (C=O) groups is 1. The molecule has 0 bridgehead atoms. The van der Waals surface area contributed by atoms with Crippen LogP contribution in [-0.2, 0) is 9.53 Å². The molecule has 0 radical (unpaired) electrons. The average Bonchev–Trinajstić information content (AvgIpc) is 2.39. The monoisotopic (exact) mass is 303 g/mol. The Hall–Kier alpha value is -0.750. The number of benzene rings is 1. The van der Waals surface area contributed by atoms with E-state index in [2.05, 4.69) is 5.32 Å². The van der Waals surface area contributed by atoms with Crippen molar-refractivity contribution in [3.8, 4) is 0 Å². The number of carbonyl (C=O) groups excluding carboxylic acids is 1. The minimum Gasteiger partial charge on any atom is -0.389 e. The molecular formula is C13H18ClNO3S. The fourth-order valence-corrected chi connectivity index (χ4v) is 2.40. The number of aliphatic hydroxyl groups is 1. The van der Waals surface area contributed by atoms with E-state index in [1.807, 2.05) is 19.1 Å². The topological polar surface area (TPSA) is 58.6 Å². The Kier molecular flexibility index (Phi) is 7.23. The maximum absolute atomic E-state index is 11.8. The first-order valence-electron chi connectivity index (χ1n) is 5.90. The summed E-state index contributed by atoms with van der Waals surface area (Å²) in [6.45, 7) is 2.22.